The summed E-state index contributed by atoms with van der Waals surface area (Å²) in [4.78, 5) is 40.9. The van der Waals surface area contributed by atoms with Crippen LogP contribution in [0.5, 0.6) is 0 Å². The van der Waals surface area contributed by atoms with Gasteiger partial charge in [-0.05, 0) is 69.9 Å². The van der Waals surface area contributed by atoms with Crippen molar-refractivity contribution in [2.24, 2.45) is 0 Å². The minimum atomic E-state index is -1.32. The van der Waals surface area contributed by atoms with Crippen LogP contribution in [0.3, 0.4) is 0 Å². The number of hydrogen-bond acceptors (Lipinski definition) is 5. The number of aliphatic hydroxyl groups is 1. The van der Waals surface area contributed by atoms with Gasteiger partial charge in [-0.15, -0.1) is 6.58 Å². The second kappa shape index (κ2) is 12.4. The SMILES string of the molecule is C=CCN(C(=O)C(CO)NC(=O)OC(C)(C)C)C(C(=O)Nc1ccccc1C)c1ccc(C)c(C)c1. The van der Waals surface area contributed by atoms with Gasteiger partial charge in [-0.25, -0.2) is 4.79 Å². The molecule has 8 nitrogen and oxygen atoms in total. The van der Waals surface area contributed by atoms with E-state index in [1.54, 1.807) is 32.9 Å². The zero-order chi connectivity index (χ0) is 27.0. The monoisotopic (exact) mass is 495 g/mol. The predicted molar refractivity (Wildman–Crippen MR) is 141 cm³/mol. The molecule has 194 valence electrons. The van der Waals surface area contributed by atoms with Crippen LogP contribution in [0.4, 0.5) is 10.5 Å². The molecule has 8 heteroatoms. The summed E-state index contributed by atoms with van der Waals surface area (Å²) in [5, 5.41) is 15.3. The van der Waals surface area contributed by atoms with Gasteiger partial charge in [-0.2, -0.15) is 0 Å². The van der Waals surface area contributed by atoms with Crippen molar-refractivity contribution in [3.8, 4) is 0 Å². The van der Waals surface area contributed by atoms with E-state index in [1.165, 1.54) is 11.0 Å². The van der Waals surface area contributed by atoms with Crippen molar-refractivity contribution in [3.63, 3.8) is 0 Å². The highest BCUT2D eigenvalue weighted by molar-refractivity contribution is 5.99. The van der Waals surface area contributed by atoms with E-state index < -0.39 is 42.2 Å². The van der Waals surface area contributed by atoms with Crippen LogP contribution in [0.1, 0.15) is 49.1 Å². The second-order valence-electron chi connectivity index (χ2n) is 9.71. The van der Waals surface area contributed by atoms with Crippen molar-refractivity contribution in [2.45, 2.75) is 59.2 Å². The maximum absolute atomic E-state index is 13.7. The van der Waals surface area contributed by atoms with E-state index in [0.29, 0.717) is 11.3 Å². The molecule has 0 aliphatic carbocycles. The average molecular weight is 496 g/mol. The molecule has 0 aliphatic heterocycles. The van der Waals surface area contributed by atoms with Crippen LogP contribution in [0.25, 0.3) is 0 Å². The van der Waals surface area contributed by atoms with Crippen LogP contribution < -0.4 is 10.6 Å². The smallest absolute Gasteiger partial charge is 0.408 e. The lowest BCUT2D eigenvalue weighted by Gasteiger charge is -2.33. The predicted octanol–water partition coefficient (Wildman–Crippen LogP) is 4.19. The molecule has 0 radical (unpaired) electrons. The summed E-state index contributed by atoms with van der Waals surface area (Å²) >= 11 is 0. The highest BCUT2D eigenvalue weighted by atomic mass is 16.6. The van der Waals surface area contributed by atoms with Crippen LogP contribution in [-0.2, 0) is 14.3 Å². The minimum Gasteiger partial charge on any atom is -0.444 e. The number of anilines is 1. The van der Waals surface area contributed by atoms with Crippen molar-refractivity contribution >= 4 is 23.6 Å². The first-order valence-corrected chi connectivity index (χ1v) is 11.8. The van der Waals surface area contributed by atoms with Gasteiger partial charge in [0.2, 0.25) is 5.91 Å². The largest absolute Gasteiger partial charge is 0.444 e. The molecule has 0 saturated heterocycles. The number of nitrogens with one attached hydrogen (secondary N) is 2. The average Bonchev–Trinajstić information content (AvgIpc) is 2.79. The Morgan fingerprint density at radius 3 is 2.28 bits per heavy atom. The Labute approximate surface area is 213 Å². The molecular weight excluding hydrogens is 458 g/mol. The number of aliphatic hydroxyl groups excluding tert-OH is 1. The molecular formula is C28H37N3O5. The van der Waals surface area contributed by atoms with E-state index in [1.807, 2.05) is 51.1 Å². The molecule has 0 heterocycles. The van der Waals surface area contributed by atoms with E-state index in [-0.39, 0.29) is 6.54 Å². The number of nitrogens with zero attached hydrogens (tertiary/aromatic N) is 1. The molecule has 36 heavy (non-hydrogen) atoms. The molecule has 0 aliphatic rings. The third kappa shape index (κ3) is 7.68. The van der Waals surface area contributed by atoms with E-state index in [9.17, 15) is 19.5 Å². The van der Waals surface area contributed by atoms with Gasteiger partial charge in [0, 0.05) is 12.2 Å². The van der Waals surface area contributed by atoms with Gasteiger partial charge in [-0.3, -0.25) is 9.59 Å². The number of alkyl carbamates (subject to hydrolysis) is 1. The Morgan fingerprint density at radius 2 is 1.72 bits per heavy atom. The summed E-state index contributed by atoms with van der Waals surface area (Å²) in [7, 11) is 0. The van der Waals surface area contributed by atoms with E-state index in [4.69, 9.17) is 4.74 Å². The summed E-state index contributed by atoms with van der Waals surface area (Å²) in [5.74, 6) is -1.08. The standard InChI is InChI=1S/C28H37N3O5/c1-8-15-31(26(34)23(17-32)30-27(35)36-28(5,6)7)24(21-14-13-18(2)20(4)16-21)25(33)29-22-12-10-9-11-19(22)3/h8-14,16,23-24,32H,1,15,17H2,2-7H3,(H,29,33)(H,30,35). The van der Waals surface area contributed by atoms with Crippen molar-refractivity contribution in [1.82, 2.24) is 10.2 Å². The van der Waals surface area contributed by atoms with Crippen LogP contribution in [0.15, 0.2) is 55.1 Å². The lowest BCUT2D eigenvalue weighted by atomic mass is 9.98. The number of amides is 3. The molecule has 0 bridgehead atoms. The van der Waals surface area contributed by atoms with E-state index in [0.717, 1.165) is 16.7 Å². The number of hydrogen-bond donors (Lipinski definition) is 3. The fourth-order valence-electron chi connectivity index (χ4n) is 3.62. The Kier molecular flexibility index (Phi) is 9.81. The molecule has 2 atom stereocenters. The fraction of sp³-hybridized carbons (Fsp3) is 0.393. The van der Waals surface area contributed by atoms with Gasteiger partial charge in [0.05, 0.1) is 6.61 Å². The molecule has 0 spiro atoms. The number of aryl methyl sites for hydroxylation is 3. The summed E-state index contributed by atoms with van der Waals surface area (Å²) in [5.41, 5.74) is 3.28. The van der Waals surface area contributed by atoms with Gasteiger partial charge < -0.3 is 25.4 Å². The number of carbonyl (C=O) groups is 3. The zero-order valence-electron chi connectivity index (χ0n) is 21.9. The Bertz CT molecular complexity index is 1110. The quantitative estimate of drug-likeness (QED) is 0.452. The summed E-state index contributed by atoms with van der Waals surface area (Å²) in [6, 6.07) is 10.5. The number of para-hydroxylation sites is 1. The maximum Gasteiger partial charge on any atom is 0.408 e. The molecule has 2 aromatic rings. The van der Waals surface area contributed by atoms with Gasteiger partial charge in [0.25, 0.3) is 5.91 Å². The number of benzene rings is 2. The third-order valence-electron chi connectivity index (χ3n) is 5.59. The van der Waals surface area contributed by atoms with Crippen LogP contribution >= 0.6 is 0 Å². The lowest BCUT2D eigenvalue weighted by Crippen LogP contribution is -2.53. The number of rotatable bonds is 9. The van der Waals surface area contributed by atoms with Crippen LogP contribution in [-0.4, -0.2) is 52.7 Å². The molecule has 0 saturated carbocycles. The highest BCUT2D eigenvalue weighted by Gasteiger charge is 2.36. The summed E-state index contributed by atoms with van der Waals surface area (Å²) < 4.78 is 5.24. The van der Waals surface area contributed by atoms with Gasteiger partial charge in [0.15, 0.2) is 0 Å². The Morgan fingerprint density at radius 1 is 1.06 bits per heavy atom. The molecule has 0 aromatic heterocycles. The lowest BCUT2D eigenvalue weighted by molar-refractivity contribution is -0.140. The zero-order valence-corrected chi connectivity index (χ0v) is 21.9. The highest BCUT2D eigenvalue weighted by Crippen LogP contribution is 2.27. The second-order valence-corrected chi connectivity index (χ2v) is 9.71. The van der Waals surface area contributed by atoms with Gasteiger partial charge >= 0.3 is 6.09 Å². The topological polar surface area (TPSA) is 108 Å². The van der Waals surface area contributed by atoms with Crippen LogP contribution in [0.2, 0.25) is 0 Å². The molecule has 0 fully saturated rings. The summed E-state index contributed by atoms with van der Waals surface area (Å²) in [6.07, 6.45) is 0.648. The van der Waals surface area contributed by atoms with E-state index >= 15 is 0 Å². The van der Waals surface area contributed by atoms with Crippen molar-refractivity contribution < 1.29 is 24.2 Å². The fourth-order valence-corrected chi connectivity index (χ4v) is 3.62. The molecule has 2 rings (SSSR count). The van der Waals surface area contributed by atoms with Crippen molar-refractivity contribution in [2.75, 3.05) is 18.5 Å². The molecule has 2 unspecified atom stereocenters. The number of ether oxygens (including phenoxy) is 1. The Hall–Kier alpha value is -3.65. The van der Waals surface area contributed by atoms with Gasteiger partial charge in [-0.1, -0.05) is 42.5 Å². The van der Waals surface area contributed by atoms with E-state index in [2.05, 4.69) is 17.2 Å². The maximum atomic E-state index is 13.7. The van der Waals surface area contributed by atoms with Gasteiger partial charge in [0.1, 0.15) is 17.7 Å². The molecule has 2 aromatic carbocycles. The first kappa shape index (κ1) is 28.6. The third-order valence-corrected chi connectivity index (χ3v) is 5.59. The minimum absolute atomic E-state index is 0.00408. The molecule has 3 N–H and O–H groups in total. The molecule has 3 amide bonds. The normalized spacial score (nSPS) is 12.8. The number of carbonyl (C=O) groups excluding carboxylic acids is 3. The first-order chi connectivity index (χ1) is 16.9. The summed E-state index contributed by atoms with van der Waals surface area (Å²) in [6.45, 7) is 13.9. The van der Waals surface area contributed by atoms with Crippen LogP contribution in [0, 0.1) is 20.8 Å². The van der Waals surface area contributed by atoms with Crippen molar-refractivity contribution in [3.05, 3.63) is 77.4 Å². The van der Waals surface area contributed by atoms with Crippen molar-refractivity contribution in [1.29, 1.82) is 0 Å². The first-order valence-electron chi connectivity index (χ1n) is 11.8. The Balaban J connectivity index is 2.49.